The number of hydrogen-bond donors (Lipinski definition) is 0. The number of alkyl halides is 1. The number of methoxy groups -OCH3 is 1. The van der Waals surface area contributed by atoms with E-state index in [4.69, 9.17) is 16.3 Å². The van der Waals surface area contributed by atoms with Crippen LogP contribution in [0.5, 0.6) is 5.88 Å². The lowest BCUT2D eigenvalue weighted by atomic mass is 10.2. The van der Waals surface area contributed by atoms with E-state index in [9.17, 15) is 0 Å². The summed E-state index contributed by atoms with van der Waals surface area (Å²) in [5.41, 5.74) is 0. The van der Waals surface area contributed by atoms with Crippen LogP contribution in [0.3, 0.4) is 0 Å². The number of hydrogen-bond acceptors (Lipinski definition) is 4. The summed E-state index contributed by atoms with van der Waals surface area (Å²) in [6.07, 6.45) is 6.67. The van der Waals surface area contributed by atoms with Crippen LogP contribution in [-0.4, -0.2) is 35.5 Å². The lowest BCUT2D eigenvalue weighted by Crippen LogP contribution is -2.36. The van der Waals surface area contributed by atoms with Gasteiger partial charge < -0.3 is 9.64 Å². The molecule has 0 aromatic carbocycles. The van der Waals surface area contributed by atoms with Gasteiger partial charge in [0.1, 0.15) is 0 Å². The molecule has 6 heteroatoms. The molecule has 0 radical (unpaired) electrons. The molecule has 0 spiro atoms. The number of rotatable bonds is 5. The maximum Gasteiger partial charge on any atom is 0.232 e. The second kappa shape index (κ2) is 6.57. The molecular weight excluding hydrogens is 318 g/mol. The molecule has 1 aromatic rings. The molecule has 1 heterocycles. The summed E-state index contributed by atoms with van der Waals surface area (Å²) in [6.45, 7) is 0.775. The first-order chi connectivity index (χ1) is 8.76. The maximum atomic E-state index is 5.89. The lowest BCUT2D eigenvalue weighted by Gasteiger charge is -2.28. The van der Waals surface area contributed by atoms with E-state index in [2.05, 4.69) is 30.8 Å². The Hall–Kier alpha value is -0.550. The van der Waals surface area contributed by atoms with Crippen LogP contribution >= 0.6 is 27.5 Å². The topological polar surface area (TPSA) is 38.2 Å². The quantitative estimate of drug-likeness (QED) is 0.775. The second-order valence-electron chi connectivity index (χ2n) is 4.35. The van der Waals surface area contributed by atoms with Gasteiger partial charge in [-0.15, -0.1) is 11.6 Å². The first-order valence-corrected chi connectivity index (χ1v) is 7.48. The van der Waals surface area contributed by atoms with Crippen molar-refractivity contribution in [3.05, 3.63) is 10.7 Å². The first-order valence-electron chi connectivity index (χ1n) is 6.15. The Balaban J connectivity index is 2.23. The predicted octanol–water partition coefficient (Wildman–Crippen LogP) is 3.24. The number of halogens is 2. The highest BCUT2D eigenvalue weighted by Crippen LogP contribution is 2.29. The van der Waals surface area contributed by atoms with E-state index in [0.29, 0.717) is 23.8 Å². The molecule has 0 atom stereocenters. The molecule has 0 aliphatic heterocycles. The maximum absolute atomic E-state index is 5.89. The molecule has 4 nitrogen and oxygen atoms in total. The Bertz CT molecular complexity index is 399. The molecule has 0 unspecified atom stereocenters. The summed E-state index contributed by atoms with van der Waals surface area (Å²) in [5, 5.41) is 0. The summed E-state index contributed by atoms with van der Waals surface area (Å²) in [5.74, 6) is 1.86. The molecule has 0 bridgehead atoms. The molecule has 1 saturated carbocycles. The Kier molecular flexibility index (Phi) is 5.06. The molecule has 2 rings (SSSR count). The highest BCUT2D eigenvalue weighted by Gasteiger charge is 2.24. The van der Waals surface area contributed by atoms with Gasteiger partial charge in [-0.3, -0.25) is 0 Å². The second-order valence-corrected chi connectivity index (χ2v) is 5.58. The summed E-state index contributed by atoms with van der Waals surface area (Å²) >= 11 is 9.26. The molecule has 18 heavy (non-hydrogen) atoms. The summed E-state index contributed by atoms with van der Waals surface area (Å²) < 4.78 is 5.99. The number of nitrogens with zero attached hydrogens (tertiary/aromatic N) is 3. The molecule has 1 aliphatic rings. The van der Waals surface area contributed by atoms with E-state index in [1.807, 2.05) is 0 Å². The Morgan fingerprint density at radius 3 is 2.83 bits per heavy atom. The van der Waals surface area contributed by atoms with Gasteiger partial charge in [0.25, 0.3) is 0 Å². The molecule has 1 aromatic heterocycles. The van der Waals surface area contributed by atoms with Crippen molar-refractivity contribution in [1.29, 1.82) is 0 Å². The van der Waals surface area contributed by atoms with Crippen LogP contribution in [0.25, 0.3) is 0 Å². The van der Waals surface area contributed by atoms with Crippen molar-refractivity contribution >= 4 is 33.5 Å². The Morgan fingerprint density at radius 1 is 1.50 bits per heavy atom. The smallest absolute Gasteiger partial charge is 0.232 e. The fraction of sp³-hybridized carbons (Fsp3) is 0.667. The van der Waals surface area contributed by atoms with Crippen molar-refractivity contribution in [2.24, 2.45) is 0 Å². The van der Waals surface area contributed by atoms with Gasteiger partial charge in [-0.2, -0.15) is 4.98 Å². The fourth-order valence-electron chi connectivity index (χ4n) is 2.38. The average molecular weight is 335 g/mol. The third kappa shape index (κ3) is 3.06. The monoisotopic (exact) mass is 333 g/mol. The molecule has 0 saturated heterocycles. The van der Waals surface area contributed by atoms with Crippen LogP contribution in [0.15, 0.2) is 10.7 Å². The summed E-state index contributed by atoms with van der Waals surface area (Å²) in [4.78, 5) is 11.0. The largest absolute Gasteiger partial charge is 0.480 e. The molecule has 0 amide bonds. The zero-order valence-electron chi connectivity index (χ0n) is 10.4. The van der Waals surface area contributed by atoms with Crippen molar-refractivity contribution < 1.29 is 4.74 Å². The van der Waals surface area contributed by atoms with Crippen molar-refractivity contribution in [3.63, 3.8) is 0 Å². The summed E-state index contributed by atoms with van der Waals surface area (Å²) in [7, 11) is 1.61. The van der Waals surface area contributed by atoms with Gasteiger partial charge in [0.2, 0.25) is 11.8 Å². The van der Waals surface area contributed by atoms with Crippen LogP contribution in [-0.2, 0) is 0 Å². The number of ether oxygens (including phenoxy) is 1. The van der Waals surface area contributed by atoms with E-state index in [-0.39, 0.29) is 0 Å². The van der Waals surface area contributed by atoms with Crippen LogP contribution < -0.4 is 9.64 Å². The highest BCUT2D eigenvalue weighted by molar-refractivity contribution is 9.10. The van der Waals surface area contributed by atoms with Gasteiger partial charge in [-0.05, 0) is 28.8 Å². The Morgan fingerprint density at radius 2 is 2.22 bits per heavy atom. The van der Waals surface area contributed by atoms with Gasteiger partial charge >= 0.3 is 0 Å². The van der Waals surface area contributed by atoms with Crippen LogP contribution in [0.4, 0.5) is 5.95 Å². The molecule has 0 N–H and O–H groups in total. The molecule has 1 fully saturated rings. The summed E-state index contributed by atoms with van der Waals surface area (Å²) in [6, 6.07) is 0.509. The van der Waals surface area contributed by atoms with Crippen LogP contribution in [0.1, 0.15) is 25.7 Å². The van der Waals surface area contributed by atoms with Gasteiger partial charge in [-0.1, -0.05) is 12.8 Å². The average Bonchev–Trinajstić information content (AvgIpc) is 2.90. The van der Waals surface area contributed by atoms with E-state index in [1.165, 1.54) is 25.7 Å². The SMILES string of the molecule is COc1nc(N(CCCl)C2CCCC2)ncc1Br. The van der Waals surface area contributed by atoms with Gasteiger partial charge in [0, 0.05) is 18.5 Å². The number of anilines is 1. The first kappa shape index (κ1) is 13.9. The van der Waals surface area contributed by atoms with Crippen molar-refractivity contribution in [2.75, 3.05) is 24.4 Å². The van der Waals surface area contributed by atoms with Crippen LogP contribution in [0.2, 0.25) is 0 Å². The van der Waals surface area contributed by atoms with Gasteiger partial charge in [0.15, 0.2) is 0 Å². The van der Waals surface area contributed by atoms with Crippen molar-refractivity contribution in [3.8, 4) is 5.88 Å². The van der Waals surface area contributed by atoms with E-state index in [1.54, 1.807) is 13.3 Å². The molecule has 100 valence electrons. The third-order valence-electron chi connectivity index (χ3n) is 3.24. The lowest BCUT2D eigenvalue weighted by molar-refractivity contribution is 0.393. The van der Waals surface area contributed by atoms with E-state index >= 15 is 0 Å². The zero-order chi connectivity index (χ0) is 13.0. The normalized spacial score (nSPS) is 15.9. The van der Waals surface area contributed by atoms with Crippen LogP contribution in [0, 0.1) is 0 Å². The molecular formula is C12H17BrClN3O. The van der Waals surface area contributed by atoms with E-state index in [0.717, 1.165) is 11.0 Å². The highest BCUT2D eigenvalue weighted by atomic mass is 79.9. The van der Waals surface area contributed by atoms with E-state index < -0.39 is 0 Å². The predicted molar refractivity (Wildman–Crippen MR) is 76.6 cm³/mol. The standard InChI is InChI=1S/C12H17BrClN3O/c1-18-11-10(13)8-15-12(16-11)17(7-6-14)9-4-2-3-5-9/h8-9H,2-7H2,1H3. The van der Waals surface area contributed by atoms with Gasteiger partial charge in [0.05, 0.1) is 17.8 Å². The van der Waals surface area contributed by atoms with Crippen molar-refractivity contribution in [1.82, 2.24) is 9.97 Å². The van der Waals surface area contributed by atoms with Gasteiger partial charge in [-0.25, -0.2) is 4.98 Å². The molecule has 1 aliphatic carbocycles. The van der Waals surface area contributed by atoms with Crippen molar-refractivity contribution in [2.45, 2.75) is 31.7 Å². The minimum Gasteiger partial charge on any atom is -0.480 e. The third-order valence-corrected chi connectivity index (χ3v) is 3.95. The number of aromatic nitrogens is 2. The Labute approximate surface area is 121 Å². The minimum atomic E-state index is 0.509. The fourth-order valence-corrected chi connectivity index (χ4v) is 2.91. The zero-order valence-corrected chi connectivity index (χ0v) is 12.7. The minimum absolute atomic E-state index is 0.509.